The smallest absolute Gasteiger partial charge is 0.248 e. The molecule has 10 amide bonds. The van der Waals surface area contributed by atoms with Gasteiger partial charge < -0.3 is 60.1 Å². The second-order valence-corrected chi connectivity index (χ2v) is 23.1. The van der Waals surface area contributed by atoms with Crippen molar-refractivity contribution in [3.63, 3.8) is 0 Å². The Morgan fingerprint density at radius 3 is 1.53 bits per heavy atom. The van der Waals surface area contributed by atoms with Crippen LogP contribution in [-0.2, 0) is 59.1 Å². The van der Waals surface area contributed by atoms with E-state index in [1.54, 1.807) is 56.0 Å². The number of piperidine rings is 1. The Hall–Kier alpha value is -6.16. The summed E-state index contributed by atoms with van der Waals surface area (Å²) in [5, 5.41) is 19.2. The van der Waals surface area contributed by atoms with Gasteiger partial charge in [-0.05, 0) is 98.0 Å². The van der Waals surface area contributed by atoms with Gasteiger partial charge in [0.05, 0.1) is 24.7 Å². The molecule has 22 nitrogen and oxygen atoms in total. The minimum Gasteiger partial charge on any atom is -0.391 e. The van der Waals surface area contributed by atoms with E-state index < -0.39 is 132 Å². The Morgan fingerprint density at radius 1 is 0.590 bits per heavy atom. The SMILES string of the molecule is CC(C)C[C@H]1C(=O)N[C@@H](COC(C)(C)C)C(=O)N[C@H](C(=O)N2CCCCC2)CC(=O)N(C)[C@H](C)C(=O)N(C)[C@@H](C)C(=O)N(C)[C@@H](Cc2ccccc2)C(=O)N(C)[C@@H](CC(C)C)C(=O)N[C@@H]([C@@H](C)O)C(=O)N(C)[C@@H](C)C(=O)N1C. The van der Waals surface area contributed by atoms with Crippen LogP contribution in [0.25, 0.3) is 0 Å². The molecule has 0 aromatic heterocycles. The first kappa shape index (κ1) is 66.1. The molecule has 0 bridgehead atoms. The normalized spacial score (nSPS) is 27.0. The van der Waals surface area contributed by atoms with Crippen molar-refractivity contribution < 1.29 is 57.8 Å². The van der Waals surface area contributed by atoms with Crippen LogP contribution in [0.5, 0.6) is 0 Å². The number of carbonyl (C=O) groups excluding carboxylic acids is 10. The molecule has 438 valence electrons. The van der Waals surface area contributed by atoms with Crippen molar-refractivity contribution in [1.82, 2.24) is 50.2 Å². The summed E-state index contributed by atoms with van der Waals surface area (Å²) in [7, 11) is 8.31. The first-order valence-electron chi connectivity index (χ1n) is 27.4. The summed E-state index contributed by atoms with van der Waals surface area (Å²) in [5.41, 5.74) is -0.136. The molecular formula is C56H92N10O12. The van der Waals surface area contributed by atoms with Crippen LogP contribution in [0.1, 0.15) is 120 Å². The van der Waals surface area contributed by atoms with Gasteiger partial charge in [-0.3, -0.25) is 47.9 Å². The molecule has 2 saturated heterocycles. The molecule has 78 heavy (non-hydrogen) atoms. The molecule has 0 aliphatic carbocycles. The fourth-order valence-electron chi connectivity index (χ4n) is 9.44. The van der Waals surface area contributed by atoms with E-state index in [-0.39, 0.29) is 37.7 Å². The number of rotatable bonds is 10. The summed E-state index contributed by atoms with van der Waals surface area (Å²) in [4.78, 5) is 154. The van der Waals surface area contributed by atoms with Crippen LogP contribution in [0.15, 0.2) is 30.3 Å². The summed E-state index contributed by atoms with van der Waals surface area (Å²) in [6.45, 7) is 18.6. The Bertz CT molecular complexity index is 2270. The van der Waals surface area contributed by atoms with E-state index in [0.29, 0.717) is 31.5 Å². The Balaban J connectivity index is 2.27. The number of hydrogen-bond acceptors (Lipinski definition) is 12. The van der Waals surface area contributed by atoms with Gasteiger partial charge in [0.1, 0.15) is 54.4 Å². The quantitative estimate of drug-likeness (QED) is 0.260. The summed E-state index contributed by atoms with van der Waals surface area (Å²) < 4.78 is 6.03. The van der Waals surface area contributed by atoms with Gasteiger partial charge in [-0.15, -0.1) is 0 Å². The zero-order valence-corrected chi connectivity index (χ0v) is 49.5. The predicted octanol–water partition coefficient (Wildman–Crippen LogP) is 1.41. The van der Waals surface area contributed by atoms with E-state index in [4.69, 9.17) is 4.74 Å². The second kappa shape index (κ2) is 29.2. The average molecular weight is 1100 g/mol. The maximum absolute atomic E-state index is 15.0. The number of likely N-dealkylation sites (tertiary alicyclic amines) is 1. The van der Waals surface area contributed by atoms with Crippen LogP contribution in [0.4, 0.5) is 0 Å². The third kappa shape index (κ3) is 17.9. The van der Waals surface area contributed by atoms with Crippen LogP contribution in [0.2, 0.25) is 0 Å². The molecule has 0 saturated carbocycles. The van der Waals surface area contributed by atoms with E-state index in [1.807, 2.05) is 27.7 Å². The summed E-state index contributed by atoms with van der Waals surface area (Å²) in [6.07, 6.45) is 0.370. The third-order valence-corrected chi connectivity index (χ3v) is 14.9. The van der Waals surface area contributed by atoms with Gasteiger partial charge in [-0.2, -0.15) is 0 Å². The molecule has 4 N–H and O–H groups in total. The Kier molecular flexibility index (Phi) is 24.7. The molecule has 22 heteroatoms. The van der Waals surface area contributed by atoms with Crippen LogP contribution >= 0.6 is 0 Å². The standard InChI is InChI=1S/C56H92N10O12/c1-33(2)28-42-48(70)58-41(32-78-56(9,10)11)47(69)57-40(53(75)66-26-22-19-23-27-66)31-45(68)60(12)35(5)50(72)61(13)36(6)52(74)65(17)44(30-39-24-20-18-21-25-39)54(76)64(16)43(29-34(3)4)49(71)59-46(38(8)67)55(77)62(14)37(7)51(73)63(42)15/h18,20-21,24-25,33-38,40-44,46,67H,19,22-23,26-32H2,1-17H3,(H,57,69)(H,58,70)(H,59,71)/t35-,36+,37+,38-,40+,41+,42+,43+,44+,46+/m1/s1. The van der Waals surface area contributed by atoms with Crippen LogP contribution in [0, 0.1) is 11.8 Å². The molecule has 2 aliphatic heterocycles. The fourth-order valence-corrected chi connectivity index (χ4v) is 9.44. The Labute approximate surface area is 462 Å². The topological polar surface area (TPSA) is 259 Å². The number of likely N-dealkylation sites (N-methyl/N-ethyl adjacent to an activating group) is 6. The van der Waals surface area contributed by atoms with Crippen LogP contribution < -0.4 is 16.0 Å². The van der Waals surface area contributed by atoms with E-state index in [1.165, 1.54) is 84.7 Å². The summed E-state index contributed by atoms with van der Waals surface area (Å²) >= 11 is 0. The molecule has 1 aromatic rings. The molecular weight excluding hydrogens is 1000 g/mol. The molecule has 2 heterocycles. The van der Waals surface area contributed by atoms with Crippen LogP contribution in [0.3, 0.4) is 0 Å². The van der Waals surface area contributed by atoms with Crippen molar-refractivity contribution in [2.45, 2.75) is 187 Å². The second-order valence-electron chi connectivity index (χ2n) is 23.1. The Morgan fingerprint density at radius 2 is 1.04 bits per heavy atom. The van der Waals surface area contributed by atoms with Gasteiger partial charge in [0.25, 0.3) is 0 Å². The van der Waals surface area contributed by atoms with E-state index in [2.05, 4.69) is 16.0 Å². The maximum atomic E-state index is 15.0. The fraction of sp³-hybridized carbons (Fsp3) is 0.714. The lowest BCUT2D eigenvalue weighted by atomic mass is 9.98. The van der Waals surface area contributed by atoms with Crippen molar-refractivity contribution >= 4 is 59.1 Å². The zero-order chi connectivity index (χ0) is 59.3. The van der Waals surface area contributed by atoms with Gasteiger partial charge in [0, 0.05) is 61.8 Å². The number of hydrogen-bond donors (Lipinski definition) is 4. The van der Waals surface area contributed by atoms with Gasteiger partial charge in [-0.1, -0.05) is 58.0 Å². The lowest BCUT2D eigenvalue weighted by Crippen LogP contribution is -2.62. The summed E-state index contributed by atoms with van der Waals surface area (Å²) in [6, 6.07) is -3.02. The highest BCUT2D eigenvalue weighted by molar-refractivity contribution is 5.99. The number of nitrogens with one attached hydrogen (secondary N) is 3. The average Bonchev–Trinajstić information content (AvgIpc) is 3.39. The lowest BCUT2D eigenvalue weighted by molar-refractivity contribution is -0.154. The molecule has 0 spiro atoms. The maximum Gasteiger partial charge on any atom is 0.248 e. The molecule has 2 fully saturated rings. The van der Waals surface area contributed by atoms with Gasteiger partial charge >= 0.3 is 0 Å². The highest BCUT2D eigenvalue weighted by atomic mass is 16.5. The third-order valence-electron chi connectivity index (χ3n) is 14.9. The molecule has 0 unspecified atom stereocenters. The number of carbonyl (C=O) groups is 10. The van der Waals surface area contributed by atoms with Crippen molar-refractivity contribution in [1.29, 1.82) is 0 Å². The molecule has 10 atom stereocenters. The number of aliphatic hydroxyl groups excluding tert-OH is 1. The monoisotopic (exact) mass is 1100 g/mol. The first-order valence-corrected chi connectivity index (χ1v) is 27.4. The molecule has 3 rings (SSSR count). The zero-order valence-electron chi connectivity index (χ0n) is 49.5. The lowest BCUT2D eigenvalue weighted by Gasteiger charge is -2.38. The van der Waals surface area contributed by atoms with Gasteiger partial charge in [0.2, 0.25) is 59.1 Å². The van der Waals surface area contributed by atoms with Crippen molar-refractivity contribution in [3.05, 3.63) is 35.9 Å². The highest BCUT2D eigenvalue weighted by Gasteiger charge is 2.43. The van der Waals surface area contributed by atoms with Crippen molar-refractivity contribution in [2.24, 2.45) is 11.8 Å². The van der Waals surface area contributed by atoms with E-state index >= 15 is 0 Å². The van der Waals surface area contributed by atoms with Crippen LogP contribution in [-0.4, -0.2) is 227 Å². The first-order chi connectivity index (χ1) is 36.2. The van der Waals surface area contributed by atoms with Gasteiger partial charge in [-0.25, -0.2) is 0 Å². The molecule has 2 aliphatic rings. The molecule has 1 aromatic carbocycles. The largest absolute Gasteiger partial charge is 0.391 e. The number of aliphatic hydroxyl groups is 1. The predicted molar refractivity (Wildman–Crippen MR) is 294 cm³/mol. The number of ether oxygens (including phenoxy) is 1. The van der Waals surface area contributed by atoms with E-state index in [0.717, 1.165) is 21.1 Å². The molecule has 0 radical (unpaired) electrons. The van der Waals surface area contributed by atoms with Gasteiger partial charge in [0.15, 0.2) is 0 Å². The minimum absolute atomic E-state index is 0.00185. The van der Waals surface area contributed by atoms with Crippen molar-refractivity contribution in [3.8, 4) is 0 Å². The number of benzene rings is 1. The minimum atomic E-state index is -1.62. The number of nitrogens with zero attached hydrogens (tertiary/aromatic N) is 7. The number of amides is 10. The highest BCUT2D eigenvalue weighted by Crippen LogP contribution is 2.22. The summed E-state index contributed by atoms with van der Waals surface area (Å²) in [5.74, 6) is -7.51. The van der Waals surface area contributed by atoms with Crippen molar-refractivity contribution in [2.75, 3.05) is 62.0 Å². The van der Waals surface area contributed by atoms with E-state index in [9.17, 15) is 53.1 Å².